The maximum atomic E-state index is 12.0. The molecule has 3 rings (SSSR count). The van der Waals surface area contributed by atoms with Crippen LogP contribution in [-0.4, -0.2) is 30.6 Å². The molecule has 7 heteroatoms. The standard InChI is InChI=1S/C21H20N2O4S/c1-26-18-10-6-5-9-16(18)12-22-19(24)13-27-20(25)11-17-14-28-21(23-17)15-7-3-2-4-8-15/h2-10,14H,11-13H2,1H3,(H,22,24). The Morgan fingerprint density at radius 3 is 2.61 bits per heavy atom. The molecule has 0 aliphatic rings. The summed E-state index contributed by atoms with van der Waals surface area (Å²) in [6, 6.07) is 17.1. The van der Waals surface area contributed by atoms with Crippen LogP contribution >= 0.6 is 11.3 Å². The molecule has 0 unspecified atom stereocenters. The van der Waals surface area contributed by atoms with Gasteiger partial charge in [0.05, 0.1) is 19.2 Å². The van der Waals surface area contributed by atoms with E-state index in [-0.39, 0.29) is 18.9 Å². The largest absolute Gasteiger partial charge is 0.496 e. The number of ether oxygens (including phenoxy) is 2. The molecule has 0 saturated carbocycles. The molecule has 0 spiro atoms. The highest BCUT2D eigenvalue weighted by molar-refractivity contribution is 7.13. The van der Waals surface area contributed by atoms with Crippen molar-refractivity contribution in [3.05, 3.63) is 71.2 Å². The molecule has 0 aliphatic carbocycles. The van der Waals surface area contributed by atoms with Crippen LogP contribution in [0.25, 0.3) is 10.6 Å². The molecule has 2 aromatic carbocycles. The molecular weight excluding hydrogens is 376 g/mol. The summed E-state index contributed by atoms with van der Waals surface area (Å²) in [6.45, 7) is -0.0312. The Hall–Kier alpha value is -3.19. The molecule has 0 fully saturated rings. The lowest BCUT2D eigenvalue weighted by Crippen LogP contribution is -2.28. The number of amides is 1. The van der Waals surface area contributed by atoms with Crippen molar-refractivity contribution in [3.63, 3.8) is 0 Å². The predicted molar refractivity (Wildman–Crippen MR) is 107 cm³/mol. The molecule has 1 heterocycles. The van der Waals surface area contributed by atoms with Gasteiger partial charge in [0, 0.05) is 23.1 Å². The molecule has 0 bridgehead atoms. The van der Waals surface area contributed by atoms with Crippen LogP contribution in [0, 0.1) is 0 Å². The molecule has 3 aromatic rings. The molecule has 1 aromatic heterocycles. The minimum atomic E-state index is -0.489. The van der Waals surface area contributed by atoms with Gasteiger partial charge in [0.25, 0.3) is 5.91 Å². The van der Waals surface area contributed by atoms with Gasteiger partial charge >= 0.3 is 5.97 Å². The normalized spacial score (nSPS) is 10.3. The van der Waals surface area contributed by atoms with Gasteiger partial charge in [-0.1, -0.05) is 48.5 Å². The first-order valence-electron chi connectivity index (χ1n) is 8.69. The number of para-hydroxylation sites is 1. The van der Waals surface area contributed by atoms with Crippen LogP contribution < -0.4 is 10.1 Å². The summed E-state index contributed by atoms with van der Waals surface area (Å²) in [5.74, 6) is -0.169. The van der Waals surface area contributed by atoms with E-state index in [0.717, 1.165) is 16.1 Å². The van der Waals surface area contributed by atoms with E-state index in [1.807, 2.05) is 60.0 Å². The lowest BCUT2D eigenvalue weighted by molar-refractivity contribution is -0.147. The number of carbonyl (C=O) groups is 2. The average molecular weight is 396 g/mol. The van der Waals surface area contributed by atoms with Gasteiger partial charge in [-0.15, -0.1) is 11.3 Å². The van der Waals surface area contributed by atoms with Gasteiger partial charge in [0.15, 0.2) is 6.61 Å². The number of methoxy groups -OCH3 is 1. The van der Waals surface area contributed by atoms with Gasteiger partial charge in [-0.3, -0.25) is 9.59 Å². The topological polar surface area (TPSA) is 77.5 Å². The molecule has 0 radical (unpaired) electrons. The highest BCUT2D eigenvalue weighted by atomic mass is 32.1. The average Bonchev–Trinajstić information content (AvgIpc) is 3.20. The van der Waals surface area contributed by atoms with Gasteiger partial charge in [0.2, 0.25) is 0 Å². The maximum Gasteiger partial charge on any atom is 0.312 e. The minimum Gasteiger partial charge on any atom is -0.496 e. The van der Waals surface area contributed by atoms with Crippen LogP contribution in [0.15, 0.2) is 60.0 Å². The Labute approximate surface area is 167 Å². The van der Waals surface area contributed by atoms with Crippen molar-refractivity contribution >= 4 is 23.2 Å². The number of nitrogens with one attached hydrogen (secondary N) is 1. The Morgan fingerprint density at radius 2 is 1.82 bits per heavy atom. The molecule has 0 saturated heterocycles. The SMILES string of the molecule is COc1ccccc1CNC(=O)COC(=O)Cc1csc(-c2ccccc2)n1. The Kier molecular flexibility index (Phi) is 6.75. The lowest BCUT2D eigenvalue weighted by Gasteiger charge is -2.09. The van der Waals surface area contributed by atoms with E-state index < -0.39 is 5.97 Å². The van der Waals surface area contributed by atoms with E-state index in [1.54, 1.807) is 7.11 Å². The second kappa shape index (κ2) is 9.66. The zero-order valence-corrected chi connectivity index (χ0v) is 16.2. The van der Waals surface area contributed by atoms with Crippen LogP contribution in [0.3, 0.4) is 0 Å². The Morgan fingerprint density at radius 1 is 1.07 bits per heavy atom. The lowest BCUT2D eigenvalue weighted by atomic mass is 10.2. The first-order valence-corrected chi connectivity index (χ1v) is 9.57. The van der Waals surface area contributed by atoms with E-state index in [2.05, 4.69) is 10.3 Å². The Bertz CT molecular complexity index is 940. The smallest absolute Gasteiger partial charge is 0.312 e. The highest BCUT2D eigenvalue weighted by Crippen LogP contribution is 2.23. The van der Waals surface area contributed by atoms with Crippen molar-refractivity contribution in [1.82, 2.24) is 10.3 Å². The third-order valence-corrected chi connectivity index (χ3v) is 4.87. The van der Waals surface area contributed by atoms with Crippen molar-refractivity contribution < 1.29 is 19.1 Å². The summed E-state index contributed by atoms with van der Waals surface area (Å²) in [5, 5.41) is 5.38. The summed E-state index contributed by atoms with van der Waals surface area (Å²) in [4.78, 5) is 28.3. The summed E-state index contributed by atoms with van der Waals surface area (Å²) in [5.41, 5.74) is 2.48. The fraction of sp³-hybridized carbons (Fsp3) is 0.190. The molecule has 0 atom stereocenters. The van der Waals surface area contributed by atoms with E-state index in [4.69, 9.17) is 9.47 Å². The number of thiazole rings is 1. The second-order valence-electron chi connectivity index (χ2n) is 5.94. The van der Waals surface area contributed by atoms with Crippen molar-refractivity contribution in [2.75, 3.05) is 13.7 Å². The number of hydrogen-bond donors (Lipinski definition) is 1. The number of nitrogens with zero attached hydrogens (tertiary/aromatic N) is 1. The summed E-state index contributed by atoms with van der Waals surface area (Å²) < 4.78 is 10.3. The number of hydrogen-bond acceptors (Lipinski definition) is 6. The van der Waals surface area contributed by atoms with Crippen LogP contribution in [0.1, 0.15) is 11.3 Å². The van der Waals surface area contributed by atoms with Crippen LogP contribution in [0.4, 0.5) is 0 Å². The van der Waals surface area contributed by atoms with Gasteiger partial charge < -0.3 is 14.8 Å². The van der Waals surface area contributed by atoms with E-state index in [0.29, 0.717) is 18.0 Å². The number of benzene rings is 2. The molecule has 1 amide bonds. The fourth-order valence-corrected chi connectivity index (χ4v) is 3.37. The molecule has 6 nitrogen and oxygen atoms in total. The molecule has 1 N–H and O–H groups in total. The summed E-state index contributed by atoms with van der Waals surface area (Å²) in [6.07, 6.45) is 0.0309. The van der Waals surface area contributed by atoms with Crippen LogP contribution in [0.5, 0.6) is 5.75 Å². The van der Waals surface area contributed by atoms with Crippen molar-refractivity contribution in [2.24, 2.45) is 0 Å². The molecule has 144 valence electrons. The van der Waals surface area contributed by atoms with Crippen LogP contribution in [0.2, 0.25) is 0 Å². The first-order chi connectivity index (χ1) is 13.7. The van der Waals surface area contributed by atoms with Crippen molar-refractivity contribution in [2.45, 2.75) is 13.0 Å². The second-order valence-corrected chi connectivity index (χ2v) is 6.79. The fourth-order valence-electron chi connectivity index (χ4n) is 2.54. The van der Waals surface area contributed by atoms with Gasteiger partial charge in [-0.25, -0.2) is 4.98 Å². The third kappa shape index (κ3) is 5.40. The predicted octanol–water partition coefficient (Wildman–Crippen LogP) is 3.22. The summed E-state index contributed by atoms with van der Waals surface area (Å²) >= 11 is 1.47. The Balaban J connectivity index is 1.44. The number of esters is 1. The minimum absolute atomic E-state index is 0.0309. The highest BCUT2D eigenvalue weighted by Gasteiger charge is 2.12. The number of aromatic nitrogens is 1. The van der Waals surface area contributed by atoms with Crippen molar-refractivity contribution in [1.29, 1.82) is 0 Å². The van der Waals surface area contributed by atoms with Gasteiger partial charge in [-0.2, -0.15) is 0 Å². The molecule has 0 aliphatic heterocycles. The molecule has 28 heavy (non-hydrogen) atoms. The molecular formula is C21H20N2O4S. The van der Waals surface area contributed by atoms with E-state index in [9.17, 15) is 9.59 Å². The summed E-state index contributed by atoms with van der Waals surface area (Å²) in [7, 11) is 1.57. The maximum absolute atomic E-state index is 12.0. The zero-order chi connectivity index (χ0) is 19.8. The number of rotatable bonds is 8. The first kappa shape index (κ1) is 19.6. The zero-order valence-electron chi connectivity index (χ0n) is 15.4. The van der Waals surface area contributed by atoms with Gasteiger partial charge in [-0.05, 0) is 6.07 Å². The van der Waals surface area contributed by atoms with Crippen LogP contribution in [-0.2, 0) is 27.3 Å². The van der Waals surface area contributed by atoms with Crippen molar-refractivity contribution in [3.8, 4) is 16.3 Å². The quantitative estimate of drug-likeness (QED) is 0.592. The number of carbonyl (C=O) groups excluding carboxylic acids is 2. The van der Waals surface area contributed by atoms with Gasteiger partial charge in [0.1, 0.15) is 10.8 Å². The third-order valence-electron chi connectivity index (χ3n) is 3.93. The monoisotopic (exact) mass is 396 g/mol. The van der Waals surface area contributed by atoms with E-state index >= 15 is 0 Å². The van der Waals surface area contributed by atoms with E-state index in [1.165, 1.54) is 11.3 Å².